The van der Waals surface area contributed by atoms with Gasteiger partial charge in [0.05, 0.1) is 0 Å². The second kappa shape index (κ2) is 7.01. The molecule has 1 atom stereocenters. The lowest BCUT2D eigenvalue weighted by atomic mass is 10.1. The Morgan fingerprint density at radius 3 is 2.88 bits per heavy atom. The van der Waals surface area contributed by atoms with Crippen LogP contribution in [0.15, 0.2) is 58.2 Å². The van der Waals surface area contributed by atoms with E-state index in [1.165, 1.54) is 0 Å². The van der Waals surface area contributed by atoms with Crippen molar-refractivity contribution in [2.75, 3.05) is 11.1 Å². The Balaban J connectivity index is 1.84. The SMILES string of the molecule is CCSc1nnc2c(n1)OC(c1cccc(Br)c1)Nc1ccccc1-2. The fraction of sp³-hybridized carbons (Fsp3) is 0.167. The molecule has 7 heteroatoms. The van der Waals surface area contributed by atoms with E-state index in [0.29, 0.717) is 16.7 Å². The second-order valence-electron chi connectivity index (χ2n) is 5.42. The number of fused-ring (bicyclic) bond motifs is 3. The highest BCUT2D eigenvalue weighted by molar-refractivity contribution is 9.10. The van der Waals surface area contributed by atoms with Gasteiger partial charge in [0.1, 0.15) is 0 Å². The summed E-state index contributed by atoms with van der Waals surface area (Å²) < 4.78 is 7.21. The van der Waals surface area contributed by atoms with Gasteiger partial charge in [-0.3, -0.25) is 0 Å². The lowest BCUT2D eigenvalue weighted by Gasteiger charge is -2.19. The van der Waals surface area contributed by atoms with Gasteiger partial charge < -0.3 is 10.1 Å². The summed E-state index contributed by atoms with van der Waals surface area (Å²) in [4.78, 5) is 4.58. The van der Waals surface area contributed by atoms with Gasteiger partial charge in [-0.1, -0.05) is 64.9 Å². The molecular formula is C18H15BrN4OS. The van der Waals surface area contributed by atoms with Crippen molar-refractivity contribution >= 4 is 33.4 Å². The minimum absolute atomic E-state index is 0.365. The molecule has 1 aliphatic heterocycles. The number of thioether (sulfide) groups is 1. The molecule has 1 unspecified atom stereocenters. The van der Waals surface area contributed by atoms with Crippen LogP contribution in [0.2, 0.25) is 0 Å². The summed E-state index contributed by atoms with van der Waals surface area (Å²) >= 11 is 5.06. The van der Waals surface area contributed by atoms with E-state index in [1.807, 2.05) is 48.5 Å². The fourth-order valence-corrected chi connectivity index (χ4v) is 3.58. The van der Waals surface area contributed by atoms with Crippen molar-refractivity contribution < 1.29 is 4.74 Å². The largest absolute Gasteiger partial charge is 0.448 e. The maximum absolute atomic E-state index is 6.21. The molecule has 1 aliphatic rings. The number of benzene rings is 2. The zero-order valence-corrected chi connectivity index (χ0v) is 15.8. The van der Waals surface area contributed by atoms with E-state index in [9.17, 15) is 0 Å². The van der Waals surface area contributed by atoms with Crippen molar-refractivity contribution in [3.05, 3.63) is 58.6 Å². The molecule has 0 radical (unpaired) electrons. The van der Waals surface area contributed by atoms with Gasteiger partial charge in [0.25, 0.3) is 0 Å². The third-order valence-corrected chi connectivity index (χ3v) is 4.97. The summed E-state index contributed by atoms with van der Waals surface area (Å²) in [5, 5.41) is 12.7. The molecule has 1 aromatic heterocycles. The van der Waals surface area contributed by atoms with Crippen LogP contribution in [0, 0.1) is 0 Å². The number of anilines is 1. The summed E-state index contributed by atoms with van der Waals surface area (Å²) in [5.41, 5.74) is 3.53. The van der Waals surface area contributed by atoms with Gasteiger partial charge in [-0.2, -0.15) is 4.98 Å². The van der Waals surface area contributed by atoms with Gasteiger partial charge in [-0.25, -0.2) is 0 Å². The van der Waals surface area contributed by atoms with Crippen LogP contribution in [-0.2, 0) is 0 Å². The molecule has 0 spiro atoms. The molecule has 0 aliphatic carbocycles. The van der Waals surface area contributed by atoms with Crippen molar-refractivity contribution in [1.82, 2.24) is 15.2 Å². The normalized spacial score (nSPS) is 15.4. The molecule has 0 fully saturated rings. The number of hydrogen-bond donors (Lipinski definition) is 1. The number of para-hydroxylation sites is 1. The van der Waals surface area contributed by atoms with Crippen LogP contribution in [0.5, 0.6) is 5.88 Å². The van der Waals surface area contributed by atoms with Crippen LogP contribution in [0.4, 0.5) is 5.69 Å². The summed E-state index contributed by atoms with van der Waals surface area (Å²) in [6.07, 6.45) is -0.365. The molecule has 0 bridgehead atoms. The van der Waals surface area contributed by atoms with Crippen LogP contribution < -0.4 is 10.1 Å². The number of hydrogen-bond acceptors (Lipinski definition) is 6. The molecule has 126 valence electrons. The van der Waals surface area contributed by atoms with Crippen molar-refractivity contribution in [2.45, 2.75) is 18.3 Å². The van der Waals surface area contributed by atoms with Crippen LogP contribution in [-0.4, -0.2) is 20.9 Å². The van der Waals surface area contributed by atoms with E-state index in [-0.39, 0.29) is 6.23 Å². The van der Waals surface area contributed by atoms with E-state index in [4.69, 9.17) is 4.74 Å². The topological polar surface area (TPSA) is 59.9 Å². The Morgan fingerprint density at radius 2 is 2.04 bits per heavy atom. The van der Waals surface area contributed by atoms with Gasteiger partial charge in [-0.05, 0) is 24.0 Å². The quantitative estimate of drug-likeness (QED) is 0.613. The number of ether oxygens (including phenoxy) is 1. The lowest BCUT2D eigenvalue weighted by molar-refractivity contribution is 0.225. The Morgan fingerprint density at radius 1 is 1.16 bits per heavy atom. The first-order chi connectivity index (χ1) is 12.2. The lowest BCUT2D eigenvalue weighted by Crippen LogP contribution is -2.17. The smallest absolute Gasteiger partial charge is 0.247 e. The fourth-order valence-electron chi connectivity index (χ4n) is 2.66. The molecule has 25 heavy (non-hydrogen) atoms. The predicted octanol–water partition coefficient (Wildman–Crippen LogP) is 4.92. The van der Waals surface area contributed by atoms with E-state index in [1.54, 1.807) is 11.8 Å². The zero-order valence-electron chi connectivity index (χ0n) is 13.4. The maximum atomic E-state index is 6.21. The van der Waals surface area contributed by atoms with Gasteiger partial charge >= 0.3 is 0 Å². The van der Waals surface area contributed by atoms with Gasteiger partial charge in [0.15, 0.2) is 11.9 Å². The molecule has 4 rings (SSSR count). The number of nitrogens with zero attached hydrogens (tertiary/aromatic N) is 3. The van der Waals surface area contributed by atoms with E-state index in [2.05, 4.69) is 43.4 Å². The average molecular weight is 415 g/mol. The monoisotopic (exact) mass is 414 g/mol. The van der Waals surface area contributed by atoms with Crippen molar-refractivity contribution in [3.8, 4) is 17.1 Å². The number of halogens is 1. The predicted molar refractivity (Wildman–Crippen MR) is 103 cm³/mol. The molecular weight excluding hydrogens is 400 g/mol. The van der Waals surface area contributed by atoms with Crippen molar-refractivity contribution in [1.29, 1.82) is 0 Å². The minimum Gasteiger partial charge on any atom is -0.448 e. The molecule has 2 heterocycles. The standard InChI is InChI=1S/C18H15BrN4OS/c1-2-25-18-21-17-15(22-23-18)13-8-3-4-9-14(13)20-16(24-17)11-6-5-7-12(19)10-11/h3-10,16,20H,2H2,1H3. The first-order valence-electron chi connectivity index (χ1n) is 7.90. The van der Waals surface area contributed by atoms with Crippen LogP contribution in [0.25, 0.3) is 11.3 Å². The molecule has 2 aromatic carbocycles. The summed E-state index contributed by atoms with van der Waals surface area (Å²) in [6, 6.07) is 16.0. The molecule has 3 aromatic rings. The molecule has 0 saturated carbocycles. The molecule has 5 nitrogen and oxygen atoms in total. The Bertz CT molecular complexity index is 921. The Labute approximate surface area is 158 Å². The van der Waals surface area contributed by atoms with Crippen LogP contribution in [0.1, 0.15) is 18.7 Å². The number of nitrogens with one attached hydrogen (secondary N) is 1. The summed E-state index contributed by atoms with van der Waals surface area (Å²) in [6.45, 7) is 2.06. The summed E-state index contributed by atoms with van der Waals surface area (Å²) in [5.74, 6) is 1.37. The first kappa shape index (κ1) is 16.4. The molecule has 0 saturated heterocycles. The highest BCUT2D eigenvalue weighted by Crippen LogP contribution is 2.39. The van der Waals surface area contributed by atoms with Crippen molar-refractivity contribution in [3.63, 3.8) is 0 Å². The van der Waals surface area contributed by atoms with Gasteiger partial charge in [-0.15, -0.1) is 10.2 Å². The van der Waals surface area contributed by atoms with Crippen LogP contribution >= 0.6 is 27.7 Å². The Hall–Kier alpha value is -2.12. The second-order valence-corrected chi connectivity index (χ2v) is 7.57. The highest BCUT2D eigenvalue weighted by Gasteiger charge is 2.25. The van der Waals surface area contributed by atoms with Crippen molar-refractivity contribution in [2.24, 2.45) is 0 Å². The van der Waals surface area contributed by atoms with Gasteiger partial charge in [0.2, 0.25) is 11.0 Å². The van der Waals surface area contributed by atoms with Gasteiger partial charge in [0, 0.05) is 21.3 Å². The van der Waals surface area contributed by atoms with Crippen LogP contribution in [0.3, 0.4) is 0 Å². The van der Waals surface area contributed by atoms with E-state index < -0.39 is 0 Å². The first-order valence-corrected chi connectivity index (χ1v) is 9.68. The number of rotatable bonds is 3. The number of aromatic nitrogens is 3. The summed E-state index contributed by atoms with van der Waals surface area (Å²) in [7, 11) is 0. The zero-order chi connectivity index (χ0) is 17.2. The highest BCUT2D eigenvalue weighted by atomic mass is 79.9. The average Bonchev–Trinajstić information content (AvgIpc) is 2.78. The third kappa shape index (κ3) is 3.34. The third-order valence-electron chi connectivity index (χ3n) is 3.76. The maximum Gasteiger partial charge on any atom is 0.247 e. The van der Waals surface area contributed by atoms with E-state index >= 15 is 0 Å². The van der Waals surface area contributed by atoms with E-state index in [0.717, 1.165) is 27.0 Å². The Kier molecular flexibility index (Phi) is 4.59. The molecule has 1 N–H and O–H groups in total. The minimum atomic E-state index is -0.365. The molecule has 0 amide bonds.